The van der Waals surface area contributed by atoms with Crippen LogP contribution in [0.1, 0.15) is 6.92 Å². The summed E-state index contributed by atoms with van der Waals surface area (Å²) in [5.41, 5.74) is 0. The lowest BCUT2D eigenvalue weighted by Crippen LogP contribution is -3.02. The highest BCUT2D eigenvalue weighted by atomic mass is 31.2. The summed E-state index contributed by atoms with van der Waals surface area (Å²) in [6.07, 6.45) is 0. The van der Waals surface area contributed by atoms with Crippen LogP contribution in [-0.4, -0.2) is 27.7 Å². The summed E-state index contributed by atoms with van der Waals surface area (Å²) in [7, 11) is 1.58. The Morgan fingerprint density at radius 2 is 1.64 bits per heavy atom. The Balaban J connectivity index is 0. The topological polar surface area (TPSA) is 76.9 Å². The molecule has 0 fully saturated rings. The van der Waals surface area contributed by atoms with E-state index in [0.717, 1.165) is 0 Å². The van der Waals surface area contributed by atoms with Crippen LogP contribution in [0.4, 0.5) is 0 Å². The molecule has 0 aromatic rings. The highest BCUT2D eigenvalue weighted by molar-refractivity contribution is 7.43. The zero-order valence-electron chi connectivity index (χ0n) is 7.29. The maximum atomic E-state index is 9.48. The second-order valence-electron chi connectivity index (χ2n) is 2.36. The van der Waals surface area contributed by atoms with Gasteiger partial charge in [0.15, 0.2) is 0 Å². The van der Waals surface area contributed by atoms with E-state index in [4.69, 9.17) is 0 Å². The number of phosphoric ester groups is 1. The first-order valence-electron chi connectivity index (χ1n) is 3.23. The number of quaternary nitrogens is 1. The molecular weight excluding hydrogens is 169 g/mol. The van der Waals surface area contributed by atoms with Gasteiger partial charge < -0.3 is 23.8 Å². The van der Waals surface area contributed by atoms with E-state index in [1.54, 1.807) is 0 Å². The smallest absolute Gasteiger partial charge is 0.0661 e. The van der Waals surface area contributed by atoms with Crippen LogP contribution in [0.5, 0.6) is 0 Å². The summed E-state index contributed by atoms with van der Waals surface area (Å²) in [6, 6.07) is 0. The van der Waals surface area contributed by atoms with Crippen molar-refractivity contribution in [3.05, 3.63) is 0 Å². The van der Waals surface area contributed by atoms with Crippen molar-refractivity contribution in [2.75, 3.05) is 27.7 Å². The number of rotatable bonds is 2. The van der Waals surface area contributed by atoms with Gasteiger partial charge in [-0.15, -0.1) is 0 Å². The van der Waals surface area contributed by atoms with Crippen molar-refractivity contribution >= 4 is 7.82 Å². The van der Waals surface area contributed by atoms with Gasteiger partial charge in [0.05, 0.1) is 29.0 Å². The number of nitrogens with one attached hydrogen (secondary N) is 1. The zero-order valence-corrected chi connectivity index (χ0v) is 8.18. The molecule has 6 heteroatoms. The molecular formula is C5H15NO4P-. The predicted octanol–water partition coefficient (Wildman–Crippen LogP) is -2.39. The van der Waals surface area contributed by atoms with E-state index in [0.29, 0.717) is 0 Å². The number of hydrogen-bond donors (Lipinski definition) is 1. The Morgan fingerprint density at radius 3 is 1.64 bits per heavy atom. The first kappa shape index (κ1) is 13.6. The molecule has 0 unspecified atom stereocenters. The molecule has 0 aromatic heterocycles. The molecule has 70 valence electrons. The third-order valence-corrected chi connectivity index (χ3v) is 0.862. The monoisotopic (exact) mass is 184 g/mol. The molecule has 0 radical (unpaired) electrons. The van der Waals surface area contributed by atoms with Crippen LogP contribution in [0.25, 0.3) is 0 Å². The number of phosphoric acid groups is 1. The zero-order chi connectivity index (χ0) is 9.49. The first-order chi connectivity index (χ1) is 4.79. The van der Waals surface area contributed by atoms with Gasteiger partial charge in [0.25, 0.3) is 0 Å². The fourth-order valence-electron chi connectivity index (χ4n) is 0.158. The van der Waals surface area contributed by atoms with Crippen molar-refractivity contribution < 1.29 is 23.8 Å². The van der Waals surface area contributed by atoms with Gasteiger partial charge in [-0.25, -0.2) is 0 Å². The van der Waals surface area contributed by atoms with Crippen molar-refractivity contribution in [1.29, 1.82) is 0 Å². The van der Waals surface area contributed by atoms with Crippen molar-refractivity contribution in [2.24, 2.45) is 0 Å². The Labute approximate surface area is 67.2 Å². The highest BCUT2D eigenvalue weighted by Crippen LogP contribution is 2.23. The Hall–Kier alpha value is 0.0700. The summed E-state index contributed by atoms with van der Waals surface area (Å²) in [5.74, 6) is 0. The second kappa shape index (κ2) is 6.76. The maximum Gasteiger partial charge on any atom is 0.0661 e. The predicted molar refractivity (Wildman–Crippen MR) is 38.0 cm³/mol. The molecule has 0 aliphatic carbocycles. The molecule has 0 rings (SSSR count). The molecule has 0 atom stereocenters. The van der Waals surface area contributed by atoms with E-state index in [-0.39, 0.29) is 6.61 Å². The molecule has 1 N–H and O–H groups in total. The minimum absolute atomic E-state index is 0.0791. The Morgan fingerprint density at radius 1 is 1.36 bits per heavy atom. The summed E-state index contributed by atoms with van der Waals surface area (Å²) < 4.78 is 13.2. The minimum atomic E-state index is -4.67. The standard InChI is InChI=1S/C3H9N.C2H7O4P/c1-4(2)3;1-2-6-7(3,4)5/h1-3H3;2H2,1H3,(H2,3,4,5)/p-1. The van der Waals surface area contributed by atoms with Crippen LogP contribution >= 0.6 is 7.82 Å². The van der Waals surface area contributed by atoms with Crippen LogP contribution < -0.4 is 14.7 Å². The van der Waals surface area contributed by atoms with Gasteiger partial charge in [0.2, 0.25) is 0 Å². The third kappa shape index (κ3) is 39.6. The van der Waals surface area contributed by atoms with Crippen molar-refractivity contribution in [3.8, 4) is 0 Å². The van der Waals surface area contributed by atoms with Gasteiger partial charge in [-0.1, -0.05) is 0 Å². The summed E-state index contributed by atoms with van der Waals surface area (Å²) in [6.45, 7) is 1.35. The molecule has 0 amide bonds. The largest absolute Gasteiger partial charge is 0.790 e. The normalized spacial score (nSPS) is 10.8. The molecule has 0 aliphatic heterocycles. The van der Waals surface area contributed by atoms with E-state index in [1.165, 1.54) is 11.8 Å². The van der Waals surface area contributed by atoms with Gasteiger partial charge in [-0.2, -0.15) is 0 Å². The fourth-order valence-corrected chi connectivity index (χ4v) is 0.474. The molecule has 0 saturated heterocycles. The molecule has 0 bridgehead atoms. The molecule has 11 heavy (non-hydrogen) atoms. The summed E-state index contributed by atoms with van der Waals surface area (Å²) >= 11 is 0. The van der Waals surface area contributed by atoms with Gasteiger partial charge in [-0.05, 0) is 6.92 Å². The van der Waals surface area contributed by atoms with Crippen molar-refractivity contribution in [2.45, 2.75) is 6.92 Å². The quantitative estimate of drug-likeness (QED) is 0.486. The van der Waals surface area contributed by atoms with Crippen LogP contribution in [0, 0.1) is 0 Å². The average Bonchev–Trinajstić information content (AvgIpc) is 1.58. The molecule has 0 saturated carbocycles. The van der Waals surface area contributed by atoms with Crippen LogP contribution in [-0.2, 0) is 9.09 Å². The van der Waals surface area contributed by atoms with E-state index in [9.17, 15) is 14.4 Å². The lowest BCUT2D eigenvalue weighted by Gasteiger charge is -2.27. The van der Waals surface area contributed by atoms with Crippen LogP contribution in [0.15, 0.2) is 0 Å². The van der Waals surface area contributed by atoms with Crippen LogP contribution in [0.2, 0.25) is 0 Å². The summed E-state index contributed by atoms with van der Waals surface area (Å²) in [5, 5.41) is 0. The molecule has 0 aliphatic rings. The average molecular weight is 184 g/mol. The number of hydrogen-bond acceptors (Lipinski definition) is 4. The Kier molecular flexibility index (Phi) is 8.39. The first-order valence-corrected chi connectivity index (χ1v) is 4.69. The van der Waals surface area contributed by atoms with Crippen molar-refractivity contribution in [3.63, 3.8) is 0 Å². The molecule has 0 heterocycles. The highest BCUT2D eigenvalue weighted by Gasteiger charge is 1.81. The third-order valence-electron chi connectivity index (χ3n) is 0.287. The molecule has 0 spiro atoms. The summed E-state index contributed by atoms with van der Waals surface area (Å²) in [4.78, 5) is 20.4. The Bertz CT molecular complexity index is 119. The van der Waals surface area contributed by atoms with E-state index in [2.05, 4.69) is 25.7 Å². The molecule has 5 nitrogen and oxygen atoms in total. The van der Waals surface area contributed by atoms with E-state index >= 15 is 0 Å². The van der Waals surface area contributed by atoms with Gasteiger partial charge in [-0.3, -0.25) is 0 Å². The maximum absolute atomic E-state index is 9.48. The van der Waals surface area contributed by atoms with Crippen molar-refractivity contribution in [1.82, 2.24) is 0 Å². The van der Waals surface area contributed by atoms with Gasteiger partial charge in [0.1, 0.15) is 0 Å². The van der Waals surface area contributed by atoms with Gasteiger partial charge >= 0.3 is 0 Å². The van der Waals surface area contributed by atoms with Crippen LogP contribution in [0.3, 0.4) is 0 Å². The SMILES string of the molecule is CCOP(=O)([O-])[O-].C[NH+](C)C. The van der Waals surface area contributed by atoms with Gasteiger partial charge in [0, 0.05) is 6.61 Å². The minimum Gasteiger partial charge on any atom is -0.790 e. The second-order valence-corrected chi connectivity index (χ2v) is 3.52. The van der Waals surface area contributed by atoms with E-state index in [1.807, 2.05) is 0 Å². The lowest BCUT2D eigenvalue weighted by molar-refractivity contribution is -0.836. The van der Waals surface area contributed by atoms with E-state index < -0.39 is 7.82 Å². The fraction of sp³-hybridized carbons (Fsp3) is 1.00. The molecule has 0 aromatic carbocycles. The lowest BCUT2D eigenvalue weighted by atomic mass is 10.9.